The Morgan fingerprint density at radius 2 is 2.14 bits per heavy atom. The second-order valence-corrected chi connectivity index (χ2v) is 6.10. The van der Waals surface area contributed by atoms with Crippen LogP contribution in [0.1, 0.15) is 36.8 Å². The highest BCUT2D eigenvalue weighted by molar-refractivity contribution is 5.77. The molecule has 1 aromatic heterocycles. The molecular formula is C17H28N2O3. The second-order valence-electron chi connectivity index (χ2n) is 6.10. The van der Waals surface area contributed by atoms with Crippen LogP contribution in [0.25, 0.3) is 0 Å². The highest BCUT2D eigenvalue weighted by Gasteiger charge is 2.20. The van der Waals surface area contributed by atoms with Crippen molar-refractivity contribution in [3.8, 4) is 0 Å². The van der Waals surface area contributed by atoms with Gasteiger partial charge in [-0.2, -0.15) is 0 Å². The van der Waals surface area contributed by atoms with Gasteiger partial charge in [0.1, 0.15) is 18.1 Å². The number of nitrogens with zero attached hydrogens (tertiary/aromatic N) is 1. The molecule has 2 rings (SSSR count). The molecule has 1 aromatic rings. The number of nitrogens with one attached hydrogen (secondary N) is 1. The Labute approximate surface area is 133 Å². The Bertz CT molecular complexity index is 476. The van der Waals surface area contributed by atoms with Gasteiger partial charge in [0, 0.05) is 25.3 Å². The molecule has 5 heteroatoms. The average Bonchev–Trinajstić information content (AvgIpc) is 2.82. The number of hydrogen-bond acceptors (Lipinski definition) is 4. The van der Waals surface area contributed by atoms with Crippen LogP contribution in [0.2, 0.25) is 0 Å². The van der Waals surface area contributed by atoms with E-state index in [1.54, 1.807) is 0 Å². The summed E-state index contributed by atoms with van der Waals surface area (Å²) >= 11 is 0. The summed E-state index contributed by atoms with van der Waals surface area (Å²) in [5.74, 6) is 2.59. The van der Waals surface area contributed by atoms with Crippen molar-refractivity contribution >= 4 is 5.91 Å². The molecule has 1 aliphatic heterocycles. The quantitative estimate of drug-likeness (QED) is 0.839. The van der Waals surface area contributed by atoms with E-state index >= 15 is 0 Å². The molecule has 0 spiro atoms. The predicted molar refractivity (Wildman–Crippen MR) is 85.7 cm³/mol. The zero-order valence-electron chi connectivity index (χ0n) is 14.0. The molecule has 0 atom stereocenters. The van der Waals surface area contributed by atoms with Crippen molar-refractivity contribution in [2.75, 3.05) is 32.8 Å². The maximum Gasteiger partial charge on any atom is 0.246 e. The van der Waals surface area contributed by atoms with Crippen molar-refractivity contribution in [3.05, 3.63) is 23.2 Å². The fraction of sp³-hybridized carbons (Fsp3) is 0.706. The van der Waals surface area contributed by atoms with E-state index in [-0.39, 0.29) is 12.5 Å². The van der Waals surface area contributed by atoms with Gasteiger partial charge in [0.2, 0.25) is 5.91 Å². The van der Waals surface area contributed by atoms with Gasteiger partial charge in [0.05, 0.1) is 0 Å². The van der Waals surface area contributed by atoms with Crippen LogP contribution in [0.4, 0.5) is 0 Å². The van der Waals surface area contributed by atoms with E-state index in [9.17, 15) is 4.79 Å². The minimum absolute atomic E-state index is 0.00576. The summed E-state index contributed by atoms with van der Waals surface area (Å²) in [7, 11) is 0. The third kappa shape index (κ3) is 5.14. The van der Waals surface area contributed by atoms with Crippen LogP contribution >= 0.6 is 0 Å². The van der Waals surface area contributed by atoms with Gasteiger partial charge in [-0.3, -0.25) is 9.69 Å². The smallest absolute Gasteiger partial charge is 0.246 e. The topological polar surface area (TPSA) is 54.7 Å². The number of furan rings is 1. The van der Waals surface area contributed by atoms with Crippen molar-refractivity contribution in [2.45, 2.75) is 40.2 Å². The number of carbonyl (C=O) groups is 1. The molecule has 22 heavy (non-hydrogen) atoms. The molecule has 0 aromatic carbocycles. The van der Waals surface area contributed by atoms with Crippen molar-refractivity contribution in [3.63, 3.8) is 0 Å². The molecule has 2 heterocycles. The van der Waals surface area contributed by atoms with Crippen LogP contribution in [0, 0.1) is 19.8 Å². The van der Waals surface area contributed by atoms with Gasteiger partial charge < -0.3 is 14.5 Å². The van der Waals surface area contributed by atoms with Crippen LogP contribution in [-0.2, 0) is 16.1 Å². The van der Waals surface area contributed by atoms with Gasteiger partial charge in [-0.25, -0.2) is 0 Å². The van der Waals surface area contributed by atoms with E-state index in [1.165, 1.54) is 5.56 Å². The van der Waals surface area contributed by atoms with Crippen LogP contribution in [0.15, 0.2) is 10.5 Å². The van der Waals surface area contributed by atoms with Gasteiger partial charge in [0.15, 0.2) is 0 Å². The van der Waals surface area contributed by atoms with Crippen molar-refractivity contribution in [1.29, 1.82) is 0 Å². The van der Waals surface area contributed by atoms with Gasteiger partial charge in [-0.05, 0) is 58.7 Å². The van der Waals surface area contributed by atoms with Crippen molar-refractivity contribution in [1.82, 2.24) is 10.2 Å². The SMILES string of the molecule is CCOCC(=O)NCC1CCN(Cc2cc(C)oc2C)CC1. The summed E-state index contributed by atoms with van der Waals surface area (Å²) in [5.41, 5.74) is 1.29. The number of amides is 1. The fourth-order valence-electron chi connectivity index (χ4n) is 2.93. The number of piperidine rings is 1. The van der Waals surface area contributed by atoms with E-state index in [1.807, 2.05) is 20.8 Å². The average molecular weight is 308 g/mol. The first kappa shape index (κ1) is 17.0. The molecule has 0 unspecified atom stereocenters. The standard InChI is InChI=1S/C17H28N2O3/c1-4-21-12-17(20)18-10-15-5-7-19(8-6-15)11-16-9-13(2)22-14(16)3/h9,15H,4-8,10-12H2,1-3H3,(H,18,20). The lowest BCUT2D eigenvalue weighted by atomic mass is 9.96. The third-order valence-electron chi connectivity index (χ3n) is 4.27. The molecule has 1 amide bonds. The zero-order chi connectivity index (χ0) is 15.9. The normalized spacial score (nSPS) is 16.9. The lowest BCUT2D eigenvalue weighted by Crippen LogP contribution is -2.39. The second kappa shape index (κ2) is 8.34. The first-order chi connectivity index (χ1) is 10.6. The van der Waals surface area contributed by atoms with E-state index < -0.39 is 0 Å². The van der Waals surface area contributed by atoms with Crippen LogP contribution in [0.3, 0.4) is 0 Å². The van der Waals surface area contributed by atoms with Gasteiger partial charge in [0.25, 0.3) is 0 Å². The Balaban J connectivity index is 1.67. The van der Waals surface area contributed by atoms with Crippen LogP contribution in [0.5, 0.6) is 0 Å². The minimum atomic E-state index is -0.00576. The Morgan fingerprint density at radius 3 is 2.73 bits per heavy atom. The lowest BCUT2D eigenvalue weighted by Gasteiger charge is -2.31. The van der Waals surface area contributed by atoms with E-state index in [0.717, 1.165) is 50.5 Å². The summed E-state index contributed by atoms with van der Waals surface area (Å²) in [6.45, 7) is 10.6. The molecular weight excluding hydrogens is 280 g/mol. The number of rotatable bonds is 7. The summed E-state index contributed by atoms with van der Waals surface area (Å²) in [6, 6.07) is 2.13. The number of ether oxygens (including phenoxy) is 1. The highest BCUT2D eigenvalue weighted by Crippen LogP contribution is 2.21. The first-order valence-corrected chi connectivity index (χ1v) is 8.21. The first-order valence-electron chi connectivity index (χ1n) is 8.21. The molecule has 0 saturated carbocycles. The van der Waals surface area contributed by atoms with Crippen LogP contribution in [-0.4, -0.2) is 43.7 Å². The van der Waals surface area contributed by atoms with E-state index in [2.05, 4.69) is 16.3 Å². The lowest BCUT2D eigenvalue weighted by molar-refractivity contribution is -0.125. The molecule has 1 saturated heterocycles. The van der Waals surface area contributed by atoms with E-state index in [0.29, 0.717) is 12.5 Å². The molecule has 1 aliphatic rings. The maximum atomic E-state index is 11.5. The largest absolute Gasteiger partial charge is 0.466 e. The summed E-state index contributed by atoms with van der Waals surface area (Å²) < 4.78 is 10.7. The molecule has 5 nitrogen and oxygen atoms in total. The Kier molecular flexibility index (Phi) is 6.46. The number of likely N-dealkylation sites (tertiary alicyclic amines) is 1. The van der Waals surface area contributed by atoms with Gasteiger partial charge in [-0.15, -0.1) is 0 Å². The molecule has 124 valence electrons. The molecule has 1 N–H and O–H groups in total. The molecule has 0 bridgehead atoms. The summed E-state index contributed by atoms with van der Waals surface area (Å²) in [5, 5.41) is 2.97. The van der Waals surface area contributed by atoms with Crippen molar-refractivity contribution < 1.29 is 13.9 Å². The minimum Gasteiger partial charge on any atom is -0.466 e. The Morgan fingerprint density at radius 1 is 1.41 bits per heavy atom. The fourth-order valence-corrected chi connectivity index (χ4v) is 2.93. The number of aryl methyl sites for hydroxylation is 2. The molecule has 0 aliphatic carbocycles. The zero-order valence-corrected chi connectivity index (χ0v) is 14.0. The number of carbonyl (C=O) groups excluding carboxylic acids is 1. The predicted octanol–water partition coefficient (Wildman–Crippen LogP) is 2.26. The third-order valence-corrected chi connectivity index (χ3v) is 4.27. The summed E-state index contributed by atoms with van der Waals surface area (Å²) in [6.07, 6.45) is 2.26. The Hall–Kier alpha value is -1.33. The monoisotopic (exact) mass is 308 g/mol. The van der Waals surface area contributed by atoms with Gasteiger partial charge >= 0.3 is 0 Å². The number of hydrogen-bond donors (Lipinski definition) is 1. The summed E-state index contributed by atoms with van der Waals surface area (Å²) in [4.78, 5) is 14.0. The highest BCUT2D eigenvalue weighted by atomic mass is 16.5. The molecule has 1 fully saturated rings. The van der Waals surface area contributed by atoms with E-state index in [4.69, 9.17) is 9.15 Å². The molecule has 0 radical (unpaired) electrons. The maximum absolute atomic E-state index is 11.5. The van der Waals surface area contributed by atoms with Crippen LogP contribution < -0.4 is 5.32 Å². The van der Waals surface area contributed by atoms with Crippen molar-refractivity contribution in [2.24, 2.45) is 5.92 Å². The van der Waals surface area contributed by atoms with Gasteiger partial charge in [-0.1, -0.05) is 0 Å².